The summed E-state index contributed by atoms with van der Waals surface area (Å²) in [6.07, 6.45) is 6.07. The van der Waals surface area contributed by atoms with E-state index in [1.54, 1.807) is 0 Å². The molecule has 9 aromatic rings. The molecule has 218 valence electrons. The molecule has 0 atom stereocenters. The SMILES string of the molecule is c1cncc(-c2ccc3c(c2)C2(c4ccccc4-c4ccccc42)c2cc(-c4ccc5nc6c7ccccc7sc6n5c4)ccc2-3)c1. The van der Waals surface area contributed by atoms with Crippen molar-refractivity contribution < 1.29 is 0 Å². The summed E-state index contributed by atoms with van der Waals surface area (Å²) in [4.78, 5) is 10.7. The van der Waals surface area contributed by atoms with E-state index in [0.717, 1.165) is 16.7 Å². The molecule has 0 unspecified atom stereocenters. The molecule has 11 rings (SSSR count). The second-order valence-corrected chi connectivity index (χ2v) is 13.6. The van der Waals surface area contributed by atoms with Gasteiger partial charge in [-0.3, -0.25) is 9.38 Å². The summed E-state index contributed by atoms with van der Waals surface area (Å²) in [6, 6.07) is 49.2. The molecule has 4 heterocycles. The van der Waals surface area contributed by atoms with Crippen molar-refractivity contribution >= 4 is 37.4 Å². The average molecular weight is 616 g/mol. The van der Waals surface area contributed by atoms with Crippen LogP contribution in [0.3, 0.4) is 0 Å². The molecule has 1 spiro atoms. The van der Waals surface area contributed by atoms with E-state index in [1.165, 1.54) is 76.1 Å². The molecule has 2 aliphatic rings. The minimum Gasteiger partial charge on any atom is -0.290 e. The summed E-state index contributed by atoms with van der Waals surface area (Å²) < 4.78 is 3.54. The zero-order chi connectivity index (χ0) is 30.7. The lowest BCUT2D eigenvalue weighted by molar-refractivity contribution is 0.794. The van der Waals surface area contributed by atoms with Crippen molar-refractivity contribution in [2.45, 2.75) is 5.41 Å². The van der Waals surface area contributed by atoms with Crippen LogP contribution in [0, 0.1) is 0 Å². The highest BCUT2D eigenvalue weighted by molar-refractivity contribution is 7.25. The predicted molar refractivity (Wildman–Crippen MR) is 193 cm³/mol. The summed E-state index contributed by atoms with van der Waals surface area (Å²) >= 11 is 1.81. The van der Waals surface area contributed by atoms with Crippen molar-refractivity contribution in [3.63, 3.8) is 0 Å². The number of hydrogen-bond acceptors (Lipinski definition) is 3. The Labute approximate surface area is 275 Å². The number of thiophene rings is 1. The van der Waals surface area contributed by atoms with Crippen LogP contribution in [0.5, 0.6) is 0 Å². The van der Waals surface area contributed by atoms with Crippen LogP contribution in [0.4, 0.5) is 0 Å². The topological polar surface area (TPSA) is 30.2 Å². The lowest BCUT2D eigenvalue weighted by Crippen LogP contribution is -2.26. The molecule has 0 saturated carbocycles. The van der Waals surface area contributed by atoms with E-state index >= 15 is 0 Å². The summed E-state index contributed by atoms with van der Waals surface area (Å²) in [5.41, 5.74) is 16.9. The van der Waals surface area contributed by atoms with E-state index in [1.807, 2.05) is 29.8 Å². The van der Waals surface area contributed by atoms with Crippen LogP contribution >= 0.6 is 11.3 Å². The van der Waals surface area contributed by atoms with Crippen molar-refractivity contribution in [3.05, 3.63) is 174 Å². The fourth-order valence-electron chi connectivity index (χ4n) is 8.35. The summed E-state index contributed by atoms with van der Waals surface area (Å²) in [5, 5.41) is 1.22. The first-order valence-corrected chi connectivity index (χ1v) is 16.8. The van der Waals surface area contributed by atoms with Crippen LogP contribution in [-0.2, 0) is 5.41 Å². The van der Waals surface area contributed by atoms with Gasteiger partial charge in [-0.1, -0.05) is 97.1 Å². The van der Waals surface area contributed by atoms with Crippen molar-refractivity contribution in [1.29, 1.82) is 0 Å². The molecule has 0 N–H and O–H groups in total. The van der Waals surface area contributed by atoms with Gasteiger partial charge in [-0.2, -0.15) is 0 Å². The first-order chi connectivity index (χ1) is 23.3. The number of pyridine rings is 2. The summed E-state index contributed by atoms with van der Waals surface area (Å²) in [5.74, 6) is 0. The maximum atomic E-state index is 5.03. The number of benzene rings is 5. The van der Waals surface area contributed by atoms with Crippen molar-refractivity contribution in [3.8, 4) is 44.5 Å². The fraction of sp³-hybridized carbons (Fsp3) is 0.0233. The van der Waals surface area contributed by atoms with E-state index < -0.39 is 5.41 Å². The number of rotatable bonds is 2. The molecule has 0 fully saturated rings. The van der Waals surface area contributed by atoms with Gasteiger partial charge in [-0.15, -0.1) is 11.3 Å². The Morgan fingerprint density at radius 3 is 1.89 bits per heavy atom. The first kappa shape index (κ1) is 25.4. The Morgan fingerprint density at radius 2 is 1.17 bits per heavy atom. The highest BCUT2D eigenvalue weighted by atomic mass is 32.1. The second kappa shape index (κ2) is 9.12. The van der Waals surface area contributed by atoms with Gasteiger partial charge in [0, 0.05) is 28.7 Å². The van der Waals surface area contributed by atoms with Crippen molar-refractivity contribution in [2.75, 3.05) is 0 Å². The Kier molecular flexibility index (Phi) is 4.92. The summed E-state index contributed by atoms with van der Waals surface area (Å²) in [7, 11) is 0. The minimum atomic E-state index is -0.427. The van der Waals surface area contributed by atoms with Crippen LogP contribution in [0.25, 0.3) is 70.6 Å². The third kappa shape index (κ3) is 3.25. The van der Waals surface area contributed by atoms with Gasteiger partial charge in [0.2, 0.25) is 0 Å². The van der Waals surface area contributed by atoms with Crippen LogP contribution in [-0.4, -0.2) is 14.4 Å². The van der Waals surface area contributed by atoms with Gasteiger partial charge in [0.05, 0.1) is 5.41 Å². The van der Waals surface area contributed by atoms with Crippen LogP contribution in [0.2, 0.25) is 0 Å². The Balaban J connectivity index is 1.18. The number of nitrogens with zero attached hydrogens (tertiary/aromatic N) is 3. The smallest absolute Gasteiger partial charge is 0.138 e. The molecular weight excluding hydrogens is 591 g/mol. The third-order valence-corrected chi connectivity index (χ3v) is 11.5. The highest BCUT2D eigenvalue weighted by Gasteiger charge is 2.51. The number of aromatic nitrogens is 3. The molecule has 0 bridgehead atoms. The quantitative estimate of drug-likeness (QED) is 0.194. The van der Waals surface area contributed by atoms with Gasteiger partial charge >= 0.3 is 0 Å². The lowest BCUT2D eigenvalue weighted by atomic mass is 9.70. The molecule has 0 radical (unpaired) electrons. The molecule has 3 nitrogen and oxygen atoms in total. The molecule has 47 heavy (non-hydrogen) atoms. The molecule has 4 heteroatoms. The van der Waals surface area contributed by atoms with E-state index in [4.69, 9.17) is 4.98 Å². The first-order valence-electron chi connectivity index (χ1n) is 16.0. The predicted octanol–water partition coefficient (Wildman–Crippen LogP) is 10.8. The van der Waals surface area contributed by atoms with Gasteiger partial charge in [0.1, 0.15) is 16.0 Å². The second-order valence-electron chi connectivity index (χ2n) is 12.6. The van der Waals surface area contributed by atoms with Gasteiger partial charge in [-0.25, -0.2) is 4.98 Å². The van der Waals surface area contributed by atoms with E-state index in [9.17, 15) is 0 Å². The summed E-state index contributed by atoms with van der Waals surface area (Å²) in [6.45, 7) is 0. The average Bonchev–Trinajstić information content (AvgIpc) is 3.85. The maximum Gasteiger partial charge on any atom is 0.138 e. The van der Waals surface area contributed by atoms with Crippen molar-refractivity contribution in [1.82, 2.24) is 14.4 Å². The Hall–Kier alpha value is -5.84. The van der Waals surface area contributed by atoms with Crippen LogP contribution in [0.1, 0.15) is 22.3 Å². The third-order valence-electron chi connectivity index (χ3n) is 10.3. The normalized spacial score (nSPS) is 13.7. The Morgan fingerprint density at radius 1 is 0.532 bits per heavy atom. The zero-order valence-electron chi connectivity index (χ0n) is 25.2. The van der Waals surface area contributed by atoms with Crippen LogP contribution < -0.4 is 0 Å². The van der Waals surface area contributed by atoms with Crippen molar-refractivity contribution in [2.24, 2.45) is 0 Å². The number of hydrogen-bond donors (Lipinski definition) is 0. The van der Waals surface area contributed by atoms with Gasteiger partial charge in [0.25, 0.3) is 0 Å². The fourth-order valence-corrected chi connectivity index (χ4v) is 9.48. The zero-order valence-corrected chi connectivity index (χ0v) is 26.0. The number of imidazole rings is 1. The Bertz CT molecular complexity index is 2710. The van der Waals surface area contributed by atoms with Gasteiger partial charge < -0.3 is 0 Å². The largest absolute Gasteiger partial charge is 0.290 e. The van der Waals surface area contributed by atoms with E-state index in [-0.39, 0.29) is 0 Å². The van der Waals surface area contributed by atoms with E-state index in [0.29, 0.717) is 0 Å². The molecule has 2 aliphatic carbocycles. The minimum absolute atomic E-state index is 0.427. The molecular formula is C43H25N3S. The maximum absolute atomic E-state index is 5.03. The standard InChI is InChI=1S/C43H25N3S/c1-4-12-35-30(9-1)31-10-2-5-13-36(31)43(35)37-22-26(28-8-7-21-44-24-28)15-18-32(37)33-19-16-27(23-38(33)43)29-17-20-40-45-41-34-11-3-6-14-39(34)47-42(41)46(40)25-29/h1-25H. The highest BCUT2D eigenvalue weighted by Crippen LogP contribution is 2.63. The van der Waals surface area contributed by atoms with Gasteiger partial charge in [-0.05, 0) is 103 Å². The molecule has 0 saturated heterocycles. The molecule has 0 amide bonds. The molecule has 5 aromatic carbocycles. The van der Waals surface area contributed by atoms with E-state index in [2.05, 4.69) is 143 Å². The van der Waals surface area contributed by atoms with Crippen LogP contribution in [0.15, 0.2) is 152 Å². The molecule has 4 aromatic heterocycles. The number of fused-ring (bicyclic) bond motifs is 15. The van der Waals surface area contributed by atoms with Gasteiger partial charge in [0.15, 0.2) is 0 Å². The molecule has 0 aliphatic heterocycles. The monoisotopic (exact) mass is 615 g/mol. The lowest BCUT2D eigenvalue weighted by Gasteiger charge is -2.31.